The number of rotatable bonds is 3. The molecule has 0 aromatic heterocycles. The Kier molecular flexibility index (Phi) is 4.12. The predicted molar refractivity (Wildman–Crippen MR) is 83.7 cm³/mol. The van der Waals surface area contributed by atoms with Crippen LogP contribution in [0.5, 0.6) is 0 Å². The minimum atomic E-state index is 0.696. The van der Waals surface area contributed by atoms with Crippen LogP contribution in [0.3, 0.4) is 0 Å². The Morgan fingerprint density at radius 2 is 2.11 bits per heavy atom. The topological polar surface area (TPSA) is 24.4 Å². The van der Waals surface area contributed by atoms with E-state index in [1.165, 1.54) is 36.1 Å². The lowest BCUT2D eigenvalue weighted by atomic mass is 10.1. The molecular formula is C16H22N2S. The van der Waals surface area contributed by atoms with E-state index in [-0.39, 0.29) is 0 Å². The highest BCUT2D eigenvalue weighted by molar-refractivity contribution is 8.13. The number of benzene rings is 1. The molecule has 1 aliphatic carbocycles. The van der Waals surface area contributed by atoms with Gasteiger partial charge in [0.25, 0.3) is 0 Å². The van der Waals surface area contributed by atoms with Gasteiger partial charge >= 0.3 is 0 Å². The van der Waals surface area contributed by atoms with Gasteiger partial charge in [-0.1, -0.05) is 49.4 Å². The molecule has 0 spiro atoms. The number of aliphatic imine (C=N–C) groups is 1. The van der Waals surface area contributed by atoms with Gasteiger partial charge in [0.15, 0.2) is 5.17 Å². The average molecular weight is 274 g/mol. The summed E-state index contributed by atoms with van der Waals surface area (Å²) in [6.45, 7) is 3.03. The zero-order chi connectivity index (χ0) is 13.1. The fourth-order valence-corrected chi connectivity index (χ4v) is 4.28. The number of thioether (sulfide) groups is 1. The SMILES string of the molecule is CCc1ccccc1CN=C1NC2CCCC2CS1. The van der Waals surface area contributed by atoms with Crippen LogP contribution in [0.15, 0.2) is 29.3 Å². The van der Waals surface area contributed by atoms with Crippen LogP contribution >= 0.6 is 11.8 Å². The van der Waals surface area contributed by atoms with E-state index in [0.29, 0.717) is 6.04 Å². The maximum atomic E-state index is 4.79. The van der Waals surface area contributed by atoms with Crippen LogP contribution in [0.1, 0.15) is 37.3 Å². The number of aryl methyl sites for hydroxylation is 1. The van der Waals surface area contributed by atoms with Crippen molar-refractivity contribution in [3.05, 3.63) is 35.4 Å². The highest BCUT2D eigenvalue weighted by atomic mass is 32.2. The summed E-state index contributed by atoms with van der Waals surface area (Å²) in [7, 11) is 0. The van der Waals surface area contributed by atoms with E-state index >= 15 is 0 Å². The van der Waals surface area contributed by atoms with Crippen LogP contribution in [0.4, 0.5) is 0 Å². The molecule has 2 atom stereocenters. The number of hydrogen-bond acceptors (Lipinski definition) is 2. The molecule has 0 bridgehead atoms. The van der Waals surface area contributed by atoms with Gasteiger partial charge in [0.1, 0.15) is 0 Å². The molecular weight excluding hydrogens is 252 g/mol. The molecule has 1 N–H and O–H groups in total. The summed E-state index contributed by atoms with van der Waals surface area (Å²) >= 11 is 1.91. The summed E-state index contributed by atoms with van der Waals surface area (Å²) in [5, 5.41) is 4.80. The van der Waals surface area contributed by atoms with Crippen LogP contribution in [-0.4, -0.2) is 17.0 Å². The van der Waals surface area contributed by atoms with Crippen LogP contribution in [0.2, 0.25) is 0 Å². The number of amidine groups is 1. The molecule has 1 aromatic rings. The fourth-order valence-electron chi connectivity index (χ4n) is 3.12. The van der Waals surface area contributed by atoms with E-state index in [4.69, 9.17) is 4.99 Å². The van der Waals surface area contributed by atoms with E-state index in [1.54, 1.807) is 0 Å². The zero-order valence-corrected chi connectivity index (χ0v) is 12.4. The zero-order valence-electron chi connectivity index (χ0n) is 11.6. The Bertz CT molecular complexity index is 470. The molecule has 2 unspecified atom stereocenters. The van der Waals surface area contributed by atoms with Crippen LogP contribution in [0, 0.1) is 5.92 Å². The van der Waals surface area contributed by atoms with E-state index in [2.05, 4.69) is 36.5 Å². The quantitative estimate of drug-likeness (QED) is 0.910. The lowest BCUT2D eigenvalue weighted by molar-refractivity contribution is 0.489. The Morgan fingerprint density at radius 1 is 1.26 bits per heavy atom. The molecule has 3 heteroatoms. The van der Waals surface area contributed by atoms with Crippen LogP contribution in [0.25, 0.3) is 0 Å². The van der Waals surface area contributed by atoms with E-state index in [9.17, 15) is 0 Å². The van der Waals surface area contributed by atoms with Gasteiger partial charge in [-0.15, -0.1) is 0 Å². The third kappa shape index (κ3) is 2.97. The Hall–Kier alpha value is -0.960. The first-order valence-corrected chi connectivity index (χ1v) is 8.36. The minimum Gasteiger partial charge on any atom is -0.362 e. The smallest absolute Gasteiger partial charge is 0.157 e. The van der Waals surface area contributed by atoms with Crippen molar-refractivity contribution in [2.24, 2.45) is 10.9 Å². The second-order valence-electron chi connectivity index (χ2n) is 5.50. The van der Waals surface area contributed by atoms with E-state index in [1.807, 2.05) is 11.8 Å². The highest BCUT2D eigenvalue weighted by Gasteiger charge is 2.31. The number of fused-ring (bicyclic) bond motifs is 1. The summed E-state index contributed by atoms with van der Waals surface area (Å²) in [4.78, 5) is 4.79. The molecule has 2 aliphatic rings. The molecule has 2 fully saturated rings. The molecule has 1 saturated carbocycles. The highest BCUT2D eigenvalue weighted by Crippen LogP contribution is 2.32. The van der Waals surface area contributed by atoms with Crippen molar-refractivity contribution in [1.29, 1.82) is 0 Å². The summed E-state index contributed by atoms with van der Waals surface area (Å²) < 4.78 is 0. The Morgan fingerprint density at radius 3 is 2.95 bits per heavy atom. The second kappa shape index (κ2) is 6.00. The molecule has 0 amide bonds. The predicted octanol–water partition coefficient (Wildman–Crippen LogP) is 3.61. The number of hydrogen-bond donors (Lipinski definition) is 1. The fraction of sp³-hybridized carbons (Fsp3) is 0.562. The Labute approximate surface area is 120 Å². The van der Waals surface area contributed by atoms with Gasteiger partial charge in [0.05, 0.1) is 6.54 Å². The summed E-state index contributed by atoms with van der Waals surface area (Å²) in [6, 6.07) is 9.34. The first-order chi connectivity index (χ1) is 9.36. The van der Waals surface area contributed by atoms with Crippen molar-refractivity contribution in [1.82, 2.24) is 5.32 Å². The van der Waals surface area contributed by atoms with Crippen molar-refractivity contribution < 1.29 is 0 Å². The van der Waals surface area contributed by atoms with Crippen molar-refractivity contribution in [3.8, 4) is 0 Å². The summed E-state index contributed by atoms with van der Waals surface area (Å²) in [5.41, 5.74) is 2.79. The Balaban J connectivity index is 1.66. The van der Waals surface area contributed by atoms with Gasteiger partial charge in [0.2, 0.25) is 0 Å². The second-order valence-corrected chi connectivity index (χ2v) is 6.51. The number of nitrogens with one attached hydrogen (secondary N) is 1. The van der Waals surface area contributed by atoms with Crippen LogP contribution in [-0.2, 0) is 13.0 Å². The number of nitrogens with zero attached hydrogens (tertiary/aromatic N) is 1. The largest absolute Gasteiger partial charge is 0.362 e. The van der Waals surface area contributed by atoms with E-state index in [0.717, 1.165) is 24.1 Å². The van der Waals surface area contributed by atoms with Crippen molar-refractivity contribution in [2.45, 2.75) is 45.2 Å². The molecule has 1 aromatic carbocycles. The van der Waals surface area contributed by atoms with E-state index < -0.39 is 0 Å². The molecule has 102 valence electrons. The minimum absolute atomic E-state index is 0.696. The normalized spacial score (nSPS) is 28.2. The van der Waals surface area contributed by atoms with Gasteiger partial charge in [-0.05, 0) is 36.3 Å². The van der Waals surface area contributed by atoms with Gasteiger partial charge in [0, 0.05) is 11.8 Å². The first-order valence-electron chi connectivity index (χ1n) is 7.37. The lowest BCUT2D eigenvalue weighted by Crippen LogP contribution is -2.41. The summed E-state index contributed by atoms with van der Waals surface area (Å²) in [6.07, 6.45) is 5.20. The van der Waals surface area contributed by atoms with Crippen LogP contribution < -0.4 is 5.32 Å². The van der Waals surface area contributed by atoms with Gasteiger partial charge < -0.3 is 5.32 Å². The average Bonchev–Trinajstić information content (AvgIpc) is 2.93. The first kappa shape index (κ1) is 13.0. The molecule has 3 rings (SSSR count). The maximum Gasteiger partial charge on any atom is 0.157 e. The molecule has 2 nitrogen and oxygen atoms in total. The van der Waals surface area contributed by atoms with Gasteiger partial charge in [-0.2, -0.15) is 0 Å². The molecule has 19 heavy (non-hydrogen) atoms. The van der Waals surface area contributed by atoms with Crippen molar-refractivity contribution in [3.63, 3.8) is 0 Å². The molecule has 0 radical (unpaired) electrons. The van der Waals surface area contributed by atoms with Crippen molar-refractivity contribution in [2.75, 3.05) is 5.75 Å². The lowest BCUT2D eigenvalue weighted by Gasteiger charge is -2.28. The monoisotopic (exact) mass is 274 g/mol. The molecule has 1 saturated heterocycles. The standard InChI is InChI=1S/C16H22N2S/c1-2-12-6-3-4-7-13(12)10-17-16-18-15-9-5-8-14(15)11-19-16/h3-4,6-7,14-15H,2,5,8-11H2,1H3,(H,17,18). The third-order valence-electron chi connectivity index (χ3n) is 4.29. The van der Waals surface area contributed by atoms with Gasteiger partial charge in [-0.25, -0.2) is 0 Å². The van der Waals surface area contributed by atoms with Crippen molar-refractivity contribution >= 4 is 16.9 Å². The summed E-state index contributed by atoms with van der Waals surface area (Å²) in [5.74, 6) is 2.14. The third-order valence-corrected chi connectivity index (χ3v) is 5.41. The van der Waals surface area contributed by atoms with Gasteiger partial charge in [-0.3, -0.25) is 4.99 Å². The molecule has 1 aliphatic heterocycles. The molecule has 1 heterocycles. The maximum absolute atomic E-state index is 4.79.